The number of nitrogens with zero attached hydrogens (tertiary/aromatic N) is 9. The number of carbonyl (C=O) groups excluding carboxylic acids is 1. The van der Waals surface area contributed by atoms with E-state index in [9.17, 15) is 22.4 Å². The third kappa shape index (κ3) is 6.52. The first-order valence-corrected chi connectivity index (χ1v) is 16.5. The molecule has 3 atom stereocenters. The molecule has 1 amide bonds. The standard InChI is InChI=1S/C33H35F5N10O3/c1-17-11-22(39)42-28(25(17)33(36,37)38)29-26(35)27-21(13-40-29)30(44-31(43-27)50-16-32-8-4-9-48(32)14-19(34)12-32)46(3)20-7-10-47(15-20)24(49)6-5-23-41-18(2)45-51-23/h5-6,11,13,19-20H,4,7-10,12,14-16H2,1-3H3,(H2,39,42)/b6-5+/t19-,20-,32+/m1/s1. The van der Waals surface area contributed by atoms with Crippen molar-refractivity contribution in [2.75, 3.05) is 50.5 Å². The van der Waals surface area contributed by atoms with Crippen LogP contribution in [0.2, 0.25) is 0 Å². The molecule has 0 unspecified atom stereocenters. The number of likely N-dealkylation sites (N-methyl/N-ethyl adjacent to an activating group) is 1. The average molecular weight is 715 g/mol. The molecule has 7 heterocycles. The molecule has 3 aliphatic rings. The highest BCUT2D eigenvalue weighted by Crippen LogP contribution is 2.42. The summed E-state index contributed by atoms with van der Waals surface area (Å²) in [7, 11) is 1.71. The maximum Gasteiger partial charge on any atom is 0.418 e. The molecule has 3 fully saturated rings. The number of nitrogen functional groups attached to an aromatic ring is 1. The SMILES string of the molecule is Cc1noc(/C=C/C(=O)N2CC[C@@H](N(C)c3nc(OC[C@@]45CCCN4C[C@H](F)C5)nc4c(F)c(-c5nc(N)cc(C)c5C(F)(F)F)ncc34)C2)n1. The zero-order valence-corrected chi connectivity index (χ0v) is 28.0. The fourth-order valence-electron chi connectivity index (χ4n) is 7.45. The van der Waals surface area contributed by atoms with E-state index in [2.05, 4.69) is 30.1 Å². The summed E-state index contributed by atoms with van der Waals surface area (Å²) in [6, 6.07) is 0.517. The Morgan fingerprint density at radius 2 is 1.98 bits per heavy atom. The lowest BCUT2D eigenvalue weighted by molar-refractivity contribution is -0.137. The van der Waals surface area contributed by atoms with Crippen molar-refractivity contribution in [2.45, 2.75) is 63.5 Å². The van der Waals surface area contributed by atoms with E-state index >= 15 is 4.39 Å². The molecule has 0 spiro atoms. The van der Waals surface area contributed by atoms with Gasteiger partial charge in [-0.3, -0.25) is 14.7 Å². The molecule has 7 rings (SSSR count). The van der Waals surface area contributed by atoms with Crippen molar-refractivity contribution in [2.24, 2.45) is 0 Å². The largest absolute Gasteiger partial charge is 0.461 e. The van der Waals surface area contributed by atoms with E-state index < -0.39 is 40.7 Å². The van der Waals surface area contributed by atoms with Gasteiger partial charge in [0.15, 0.2) is 11.6 Å². The Labute approximate surface area is 288 Å². The van der Waals surface area contributed by atoms with Gasteiger partial charge in [-0.2, -0.15) is 28.1 Å². The Hall–Kier alpha value is -5.00. The highest BCUT2D eigenvalue weighted by atomic mass is 19.4. The number of nitrogens with two attached hydrogens (primary N) is 1. The van der Waals surface area contributed by atoms with Gasteiger partial charge in [0.05, 0.1) is 16.5 Å². The number of halogens is 5. The molecule has 4 aromatic rings. The second-order valence-corrected chi connectivity index (χ2v) is 13.3. The Bertz CT molecular complexity index is 2020. The minimum atomic E-state index is -4.89. The quantitative estimate of drug-likeness (QED) is 0.202. The molecule has 0 bridgehead atoms. The predicted molar refractivity (Wildman–Crippen MR) is 175 cm³/mol. The minimum Gasteiger partial charge on any atom is -0.461 e. The molecule has 0 saturated carbocycles. The molecule has 18 heteroatoms. The molecule has 3 saturated heterocycles. The number of alkyl halides is 4. The van der Waals surface area contributed by atoms with E-state index in [1.165, 1.54) is 25.3 Å². The van der Waals surface area contributed by atoms with Crippen LogP contribution in [-0.2, 0) is 11.0 Å². The van der Waals surface area contributed by atoms with Crippen molar-refractivity contribution in [3.05, 3.63) is 47.0 Å². The number of hydrogen-bond donors (Lipinski definition) is 1. The average Bonchev–Trinajstić information content (AvgIpc) is 3.86. The van der Waals surface area contributed by atoms with Crippen LogP contribution in [0.4, 0.5) is 33.6 Å². The molecule has 51 heavy (non-hydrogen) atoms. The van der Waals surface area contributed by atoms with Crippen molar-refractivity contribution in [1.29, 1.82) is 0 Å². The van der Waals surface area contributed by atoms with E-state index in [4.69, 9.17) is 15.0 Å². The molecule has 3 aliphatic heterocycles. The zero-order chi connectivity index (χ0) is 36.2. The molecule has 0 aliphatic carbocycles. The van der Waals surface area contributed by atoms with Crippen molar-refractivity contribution in [3.63, 3.8) is 0 Å². The van der Waals surface area contributed by atoms with Gasteiger partial charge in [0, 0.05) is 57.5 Å². The second-order valence-electron chi connectivity index (χ2n) is 13.3. The first-order valence-electron chi connectivity index (χ1n) is 16.5. The summed E-state index contributed by atoms with van der Waals surface area (Å²) in [5.74, 6) is -0.898. The highest BCUT2D eigenvalue weighted by Gasteiger charge is 2.49. The van der Waals surface area contributed by atoms with Crippen molar-refractivity contribution in [1.82, 2.24) is 39.9 Å². The van der Waals surface area contributed by atoms with Gasteiger partial charge < -0.3 is 24.8 Å². The monoisotopic (exact) mass is 714 g/mol. The van der Waals surface area contributed by atoms with Gasteiger partial charge in [0.25, 0.3) is 5.89 Å². The Morgan fingerprint density at radius 1 is 1.18 bits per heavy atom. The van der Waals surface area contributed by atoms with E-state index in [0.29, 0.717) is 25.2 Å². The van der Waals surface area contributed by atoms with Crippen LogP contribution in [0, 0.1) is 19.7 Å². The first kappa shape index (κ1) is 34.4. The molecule has 13 nitrogen and oxygen atoms in total. The lowest BCUT2D eigenvalue weighted by atomic mass is 9.95. The number of rotatable bonds is 8. The van der Waals surface area contributed by atoms with Crippen molar-refractivity contribution in [3.8, 4) is 17.4 Å². The Balaban J connectivity index is 1.25. The first-order chi connectivity index (χ1) is 24.2. The second kappa shape index (κ2) is 13.0. The van der Waals surface area contributed by atoms with Gasteiger partial charge in [-0.1, -0.05) is 5.16 Å². The van der Waals surface area contributed by atoms with Crippen molar-refractivity contribution >= 4 is 34.5 Å². The lowest BCUT2D eigenvalue weighted by Crippen LogP contribution is -2.43. The number of likely N-dealkylation sites (tertiary alicyclic amines) is 1. The number of aromatic nitrogens is 6. The van der Waals surface area contributed by atoms with E-state index in [1.54, 1.807) is 23.8 Å². The molecular weight excluding hydrogens is 679 g/mol. The number of aryl methyl sites for hydroxylation is 2. The maximum absolute atomic E-state index is 16.6. The fourth-order valence-corrected chi connectivity index (χ4v) is 7.45. The number of hydrogen-bond acceptors (Lipinski definition) is 12. The van der Waals surface area contributed by atoms with Gasteiger partial charge in [-0.25, -0.2) is 13.8 Å². The third-order valence-electron chi connectivity index (χ3n) is 9.89. The summed E-state index contributed by atoms with van der Waals surface area (Å²) < 4.78 is 84.9. The summed E-state index contributed by atoms with van der Waals surface area (Å²) in [5, 5.41) is 3.80. The normalized spacial score (nSPS) is 22.4. The van der Waals surface area contributed by atoms with Crippen LogP contribution in [0.25, 0.3) is 28.4 Å². The number of ether oxygens (including phenoxy) is 1. The summed E-state index contributed by atoms with van der Waals surface area (Å²) >= 11 is 0. The van der Waals surface area contributed by atoms with Gasteiger partial charge >= 0.3 is 12.2 Å². The maximum atomic E-state index is 16.6. The summed E-state index contributed by atoms with van der Waals surface area (Å²) in [5.41, 5.74) is 2.00. The van der Waals surface area contributed by atoms with Crippen LogP contribution in [0.5, 0.6) is 6.01 Å². The molecule has 2 N–H and O–H groups in total. The van der Waals surface area contributed by atoms with Crippen LogP contribution in [0.3, 0.4) is 0 Å². The predicted octanol–water partition coefficient (Wildman–Crippen LogP) is 4.53. The number of amides is 1. The highest BCUT2D eigenvalue weighted by molar-refractivity contribution is 5.93. The third-order valence-corrected chi connectivity index (χ3v) is 9.89. The molecule has 270 valence electrons. The number of carbonyl (C=O) groups is 1. The summed E-state index contributed by atoms with van der Waals surface area (Å²) in [4.78, 5) is 39.4. The minimum absolute atomic E-state index is 0.0352. The summed E-state index contributed by atoms with van der Waals surface area (Å²) in [6.45, 7) is 4.57. The molecule has 0 radical (unpaired) electrons. The van der Waals surface area contributed by atoms with Crippen LogP contribution >= 0.6 is 0 Å². The van der Waals surface area contributed by atoms with Gasteiger partial charge in [0.2, 0.25) is 5.91 Å². The van der Waals surface area contributed by atoms with Crippen LogP contribution in [0.15, 0.2) is 22.9 Å². The molecular formula is C33H35F5N10O3. The zero-order valence-electron chi connectivity index (χ0n) is 28.0. The molecule has 4 aromatic heterocycles. The van der Waals surface area contributed by atoms with Crippen LogP contribution in [-0.4, -0.2) is 103 Å². The van der Waals surface area contributed by atoms with Crippen LogP contribution in [0.1, 0.15) is 48.5 Å². The van der Waals surface area contributed by atoms with Gasteiger partial charge in [0.1, 0.15) is 41.3 Å². The molecule has 0 aromatic carbocycles. The smallest absolute Gasteiger partial charge is 0.418 e. The lowest BCUT2D eigenvalue weighted by Gasteiger charge is -2.31. The van der Waals surface area contributed by atoms with E-state index in [-0.39, 0.29) is 78.1 Å². The van der Waals surface area contributed by atoms with Crippen LogP contribution < -0.4 is 15.4 Å². The van der Waals surface area contributed by atoms with E-state index in [0.717, 1.165) is 19.0 Å². The number of fused-ring (bicyclic) bond motifs is 2. The number of pyridine rings is 2. The van der Waals surface area contributed by atoms with Gasteiger partial charge in [-0.05, 0) is 51.3 Å². The van der Waals surface area contributed by atoms with Gasteiger partial charge in [-0.15, -0.1) is 0 Å². The Morgan fingerprint density at radius 3 is 2.73 bits per heavy atom. The fraction of sp³-hybridized carbons (Fsp3) is 0.485. The number of anilines is 2. The topological polar surface area (TPSA) is 153 Å². The van der Waals surface area contributed by atoms with E-state index in [1.807, 2.05) is 4.90 Å². The summed E-state index contributed by atoms with van der Waals surface area (Å²) in [6.07, 6.45) is 0.390. The Kier molecular flexibility index (Phi) is 8.75. The van der Waals surface area contributed by atoms with Crippen molar-refractivity contribution < 1.29 is 36.0 Å².